The lowest BCUT2D eigenvalue weighted by Crippen LogP contribution is -1.92. The Morgan fingerprint density at radius 3 is 2.08 bits per heavy atom. The molecule has 6 aromatic carbocycles. The summed E-state index contributed by atoms with van der Waals surface area (Å²) in [5.74, 6) is 0. The first-order chi connectivity index (χ1) is 18.8. The number of hydrogen-bond acceptors (Lipinski definition) is 0. The van der Waals surface area contributed by atoms with Gasteiger partial charge in [-0.25, -0.2) is 0 Å². The fraction of sp³-hybridized carbons (Fsp3) is 0. The van der Waals surface area contributed by atoms with Crippen molar-refractivity contribution >= 4 is 43.5 Å². The van der Waals surface area contributed by atoms with Gasteiger partial charge in [-0.3, -0.25) is 0 Å². The van der Waals surface area contributed by atoms with Crippen molar-refractivity contribution in [3.63, 3.8) is 0 Å². The number of aromatic nitrogens is 2. The van der Waals surface area contributed by atoms with E-state index < -0.39 is 0 Å². The molecule has 0 saturated heterocycles. The van der Waals surface area contributed by atoms with Crippen LogP contribution in [0.15, 0.2) is 127 Å². The maximum absolute atomic E-state index is 3.73. The number of para-hydroxylation sites is 2. The van der Waals surface area contributed by atoms with Crippen molar-refractivity contribution in [2.24, 2.45) is 0 Å². The summed E-state index contributed by atoms with van der Waals surface area (Å²) in [4.78, 5) is 3.73. The summed E-state index contributed by atoms with van der Waals surface area (Å²) in [5.41, 5.74) is 12.5. The van der Waals surface area contributed by atoms with E-state index in [4.69, 9.17) is 0 Å². The third-order valence-corrected chi connectivity index (χ3v) is 8.26. The second-order valence-corrected chi connectivity index (χ2v) is 10.3. The minimum Gasteiger partial charge on any atom is -0.354 e. The van der Waals surface area contributed by atoms with Crippen molar-refractivity contribution in [1.29, 1.82) is 0 Å². The highest BCUT2D eigenvalue weighted by Crippen LogP contribution is 2.50. The summed E-state index contributed by atoms with van der Waals surface area (Å²) in [7, 11) is 0. The van der Waals surface area contributed by atoms with E-state index in [-0.39, 0.29) is 0 Å². The molecule has 2 aromatic heterocycles. The smallest absolute Gasteiger partial charge is 0.0551 e. The van der Waals surface area contributed by atoms with Gasteiger partial charge < -0.3 is 9.55 Å². The molecule has 8 aromatic rings. The van der Waals surface area contributed by atoms with Crippen LogP contribution in [-0.4, -0.2) is 9.55 Å². The van der Waals surface area contributed by atoms with Crippen molar-refractivity contribution in [2.75, 3.05) is 0 Å². The Morgan fingerprint density at radius 1 is 0.500 bits per heavy atom. The molecule has 0 unspecified atom stereocenters. The van der Waals surface area contributed by atoms with E-state index in [1.54, 1.807) is 0 Å². The number of rotatable bonds is 2. The lowest BCUT2D eigenvalue weighted by molar-refractivity contribution is 1.18. The minimum atomic E-state index is 1.18. The molecule has 2 heteroatoms. The van der Waals surface area contributed by atoms with Crippen LogP contribution in [-0.2, 0) is 0 Å². The van der Waals surface area contributed by atoms with Gasteiger partial charge in [0.15, 0.2) is 0 Å². The number of benzene rings is 6. The number of H-pyrrole nitrogens is 1. The largest absolute Gasteiger partial charge is 0.354 e. The molecule has 9 rings (SSSR count). The Morgan fingerprint density at radius 2 is 1.21 bits per heavy atom. The van der Waals surface area contributed by atoms with E-state index in [0.717, 1.165) is 0 Å². The lowest BCUT2D eigenvalue weighted by atomic mass is 9.98. The van der Waals surface area contributed by atoms with Gasteiger partial charge in [0, 0.05) is 38.5 Å². The average molecular weight is 483 g/mol. The van der Waals surface area contributed by atoms with Crippen LogP contribution < -0.4 is 0 Å². The number of hydrogen-bond donors (Lipinski definition) is 1. The van der Waals surface area contributed by atoms with E-state index in [0.29, 0.717) is 0 Å². The highest BCUT2D eigenvalue weighted by Gasteiger charge is 2.25. The Balaban J connectivity index is 1.27. The summed E-state index contributed by atoms with van der Waals surface area (Å²) in [6, 6.07) is 46.4. The standard InChI is InChI=1S/C36H22N2/c1-2-10-25(11-3-1)38-32-15-5-4-12-26(32)29-20-24(17-19-33(29)38)23-16-18-31-30(21-23)35-27-13-6-8-22-9-7-14-28(34(22)27)36(35)37-31/h1-21,37H. The molecular formula is C36H22N2. The Kier molecular flexibility index (Phi) is 3.82. The van der Waals surface area contributed by atoms with Gasteiger partial charge in [-0.15, -0.1) is 0 Å². The minimum absolute atomic E-state index is 1.18. The van der Waals surface area contributed by atoms with Crippen molar-refractivity contribution in [3.8, 4) is 39.2 Å². The number of nitrogens with one attached hydrogen (secondary N) is 1. The predicted octanol–water partition coefficient (Wildman–Crippen LogP) is 9.73. The van der Waals surface area contributed by atoms with Crippen LogP contribution in [0, 0.1) is 0 Å². The molecule has 2 heterocycles. The van der Waals surface area contributed by atoms with Gasteiger partial charge in [0.25, 0.3) is 0 Å². The summed E-state index contributed by atoms with van der Waals surface area (Å²) in [5, 5.41) is 6.50. The zero-order valence-corrected chi connectivity index (χ0v) is 20.6. The molecule has 1 aliphatic rings. The third kappa shape index (κ3) is 2.56. The van der Waals surface area contributed by atoms with E-state index in [1.165, 1.54) is 82.7 Å². The molecule has 1 aliphatic carbocycles. The summed E-state index contributed by atoms with van der Waals surface area (Å²) in [6.45, 7) is 0. The van der Waals surface area contributed by atoms with E-state index in [2.05, 4.69) is 137 Å². The van der Waals surface area contributed by atoms with Crippen LogP contribution >= 0.6 is 0 Å². The van der Waals surface area contributed by atoms with E-state index in [1.807, 2.05) is 0 Å². The quantitative estimate of drug-likeness (QED) is 0.253. The van der Waals surface area contributed by atoms with Crippen LogP contribution in [0.2, 0.25) is 0 Å². The molecular weight excluding hydrogens is 460 g/mol. The Hall–Kier alpha value is -5.08. The number of aromatic amines is 1. The third-order valence-electron chi connectivity index (χ3n) is 8.26. The van der Waals surface area contributed by atoms with E-state index >= 15 is 0 Å². The Labute approximate surface area is 219 Å². The van der Waals surface area contributed by atoms with Gasteiger partial charge in [0.1, 0.15) is 0 Å². The summed E-state index contributed by atoms with van der Waals surface area (Å²) < 4.78 is 2.37. The molecule has 0 fully saturated rings. The van der Waals surface area contributed by atoms with Gasteiger partial charge in [-0.1, -0.05) is 84.9 Å². The SMILES string of the molecule is c1ccc(-n2c3ccccc3c3cc(-c4ccc5[nH]c6c(c5c4)-c4cccc5cccc-6c45)ccc32)cc1. The van der Waals surface area contributed by atoms with Gasteiger partial charge in [0.2, 0.25) is 0 Å². The second kappa shape index (κ2) is 7.24. The molecule has 0 aliphatic heterocycles. The number of fused-ring (bicyclic) bond motifs is 8. The van der Waals surface area contributed by atoms with Crippen LogP contribution in [0.1, 0.15) is 0 Å². The fourth-order valence-corrected chi connectivity index (χ4v) is 6.62. The van der Waals surface area contributed by atoms with Crippen LogP contribution in [0.5, 0.6) is 0 Å². The van der Waals surface area contributed by atoms with Gasteiger partial charge in [-0.05, 0) is 69.9 Å². The molecule has 0 radical (unpaired) electrons. The van der Waals surface area contributed by atoms with Crippen molar-refractivity contribution in [2.45, 2.75) is 0 Å². The topological polar surface area (TPSA) is 20.7 Å². The maximum atomic E-state index is 3.73. The molecule has 0 bridgehead atoms. The summed E-state index contributed by atoms with van der Waals surface area (Å²) in [6.07, 6.45) is 0. The molecule has 0 amide bonds. The van der Waals surface area contributed by atoms with Crippen LogP contribution in [0.25, 0.3) is 82.7 Å². The number of nitrogens with zero attached hydrogens (tertiary/aromatic N) is 1. The zero-order valence-electron chi connectivity index (χ0n) is 20.6. The van der Waals surface area contributed by atoms with Crippen LogP contribution in [0.3, 0.4) is 0 Å². The van der Waals surface area contributed by atoms with Crippen molar-refractivity contribution in [1.82, 2.24) is 9.55 Å². The normalized spacial score (nSPS) is 12.2. The maximum Gasteiger partial charge on any atom is 0.0551 e. The molecule has 0 atom stereocenters. The monoisotopic (exact) mass is 482 g/mol. The fourth-order valence-electron chi connectivity index (χ4n) is 6.62. The first kappa shape index (κ1) is 20.0. The zero-order chi connectivity index (χ0) is 24.8. The predicted molar refractivity (Wildman–Crippen MR) is 160 cm³/mol. The molecule has 0 saturated carbocycles. The second-order valence-electron chi connectivity index (χ2n) is 10.3. The molecule has 2 nitrogen and oxygen atoms in total. The van der Waals surface area contributed by atoms with Crippen molar-refractivity contribution < 1.29 is 0 Å². The molecule has 1 N–H and O–H groups in total. The first-order valence-electron chi connectivity index (χ1n) is 13.1. The first-order valence-corrected chi connectivity index (χ1v) is 13.1. The van der Waals surface area contributed by atoms with E-state index in [9.17, 15) is 0 Å². The van der Waals surface area contributed by atoms with Gasteiger partial charge in [0.05, 0.1) is 16.7 Å². The van der Waals surface area contributed by atoms with Gasteiger partial charge >= 0.3 is 0 Å². The average Bonchev–Trinajstić information content (AvgIpc) is 3.62. The van der Waals surface area contributed by atoms with Crippen molar-refractivity contribution in [3.05, 3.63) is 127 Å². The molecule has 0 spiro atoms. The summed E-state index contributed by atoms with van der Waals surface area (Å²) >= 11 is 0. The Bertz CT molecular complexity index is 2220. The highest BCUT2D eigenvalue weighted by molar-refractivity contribution is 6.21. The highest BCUT2D eigenvalue weighted by atomic mass is 15.0. The van der Waals surface area contributed by atoms with Gasteiger partial charge in [-0.2, -0.15) is 0 Å². The molecule has 176 valence electrons. The van der Waals surface area contributed by atoms with Crippen LogP contribution in [0.4, 0.5) is 0 Å². The lowest BCUT2D eigenvalue weighted by Gasteiger charge is -2.08. The molecule has 38 heavy (non-hydrogen) atoms.